The molecule has 10 aromatic carbocycles. The molecule has 0 fully saturated rings. The van der Waals surface area contributed by atoms with Crippen LogP contribution in [-0.2, 0) is 10.8 Å². The Hall–Kier alpha value is -8.20. The van der Waals surface area contributed by atoms with Crippen molar-refractivity contribution in [3.63, 3.8) is 0 Å². The number of nitrogens with zero attached hydrogens (tertiary/aromatic N) is 2. The molecule has 0 amide bonds. The highest BCUT2D eigenvalue weighted by molar-refractivity contribution is 6.02. The Balaban J connectivity index is 1.03. The van der Waals surface area contributed by atoms with E-state index in [1.165, 1.54) is 77.9 Å². The fourth-order valence-corrected chi connectivity index (χ4v) is 11.8. The minimum Gasteiger partial charge on any atom is -0.310 e. The Kier molecular flexibility index (Phi) is 8.51. The highest BCUT2D eigenvalue weighted by atomic mass is 15.2. The molecule has 13 rings (SSSR count). The summed E-state index contributed by atoms with van der Waals surface area (Å²) in [5.41, 5.74) is 24.2. The van der Waals surface area contributed by atoms with Gasteiger partial charge in [0.05, 0.1) is 11.1 Å². The summed E-state index contributed by atoms with van der Waals surface area (Å²) < 4.78 is 0. The van der Waals surface area contributed by atoms with Crippen molar-refractivity contribution in [3.8, 4) is 44.5 Å². The number of anilines is 6. The number of rotatable bonds is 7. The Labute approximate surface area is 387 Å². The molecular weight excluding hydrogens is 797 g/mol. The Morgan fingerprint density at radius 3 is 1.35 bits per heavy atom. The lowest BCUT2D eigenvalue weighted by atomic mass is 9.70. The first-order valence-corrected chi connectivity index (χ1v) is 23.1. The second-order valence-electron chi connectivity index (χ2n) is 18.4. The van der Waals surface area contributed by atoms with E-state index in [1.807, 2.05) is 0 Å². The fourth-order valence-electron chi connectivity index (χ4n) is 11.8. The summed E-state index contributed by atoms with van der Waals surface area (Å²) in [5.74, 6) is 0. The van der Waals surface area contributed by atoms with Gasteiger partial charge in [0.25, 0.3) is 0 Å². The number of hydrogen-bond donors (Lipinski definition) is 0. The summed E-state index contributed by atoms with van der Waals surface area (Å²) in [6.07, 6.45) is 0. The van der Waals surface area contributed by atoms with Crippen LogP contribution in [0.2, 0.25) is 0 Å². The van der Waals surface area contributed by atoms with Crippen LogP contribution in [0.25, 0.3) is 44.5 Å². The zero-order chi connectivity index (χ0) is 44.0. The van der Waals surface area contributed by atoms with Gasteiger partial charge in [0.2, 0.25) is 0 Å². The van der Waals surface area contributed by atoms with Crippen molar-refractivity contribution in [1.29, 1.82) is 0 Å². The fraction of sp³-hybridized carbons (Fsp3) is 0.0625. The standard InChI is InChI=1S/C64H46N2/c1-63(2)55-28-15-12-25-50(55)52-39-37-48(41-59(52)63)65(45-21-8-4-9-22-45)49-38-40-53-51-26-13-16-29-56(51)64(60(53)42-49)57-30-17-14-27-54(57)62-58(64)31-18-32-61(62)66(46-23-10-5-11-24-46)47-35-33-44(34-36-47)43-19-6-3-7-20-43/h3-42H,1-2H3. The molecular formula is C64H46N2. The van der Waals surface area contributed by atoms with Gasteiger partial charge < -0.3 is 9.80 Å². The van der Waals surface area contributed by atoms with Crippen molar-refractivity contribution in [2.45, 2.75) is 24.7 Å². The molecule has 0 saturated carbocycles. The molecule has 1 atom stereocenters. The van der Waals surface area contributed by atoms with E-state index in [-0.39, 0.29) is 5.41 Å². The first kappa shape index (κ1) is 38.3. The zero-order valence-electron chi connectivity index (χ0n) is 37.0. The SMILES string of the molecule is CC1(C)c2ccccc2-c2ccc(N(c3ccccc3)c3ccc4c(c3)C3(c5ccccc5-4)c4ccccc4-c4c(N(c5ccccc5)c5ccc(-c6ccccc6)cc5)cccc43)cc21. The van der Waals surface area contributed by atoms with E-state index in [9.17, 15) is 0 Å². The third-order valence-electron chi connectivity index (χ3n) is 14.7. The van der Waals surface area contributed by atoms with E-state index >= 15 is 0 Å². The maximum atomic E-state index is 2.51. The summed E-state index contributed by atoms with van der Waals surface area (Å²) in [5, 5.41) is 0. The van der Waals surface area contributed by atoms with Gasteiger partial charge in [0.1, 0.15) is 0 Å². The van der Waals surface area contributed by atoms with Crippen molar-refractivity contribution in [3.05, 3.63) is 276 Å². The molecule has 0 radical (unpaired) electrons. The summed E-state index contributed by atoms with van der Waals surface area (Å²) in [4.78, 5) is 4.91. The third-order valence-corrected chi connectivity index (χ3v) is 14.7. The highest BCUT2D eigenvalue weighted by Gasteiger charge is 2.52. The number of para-hydroxylation sites is 2. The summed E-state index contributed by atoms with van der Waals surface area (Å²) >= 11 is 0. The number of fused-ring (bicyclic) bond motifs is 13. The Morgan fingerprint density at radius 2 is 0.697 bits per heavy atom. The normalized spacial score (nSPS) is 15.3. The molecule has 0 saturated heterocycles. The van der Waals surface area contributed by atoms with Crippen LogP contribution in [0, 0.1) is 0 Å². The molecule has 0 bridgehead atoms. The summed E-state index contributed by atoms with van der Waals surface area (Å²) in [7, 11) is 0. The van der Waals surface area contributed by atoms with Gasteiger partial charge in [-0.05, 0) is 139 Å². The lowest BCUT2D eigenvalue weighted by molar-refractivity contribution is 0.660. The zero-order valence-corrected chi connectivity index (χ0v) is 37.0. The largest absolute Gasteiger partial charge is 0.310 e. The van der Waals surface area contributed by atoms with Crippen LogP contribution in [-0.4, -0.2) is 0 Å². The van der Waals surface area contributed by atoms with Crippen molar-refractivity contribution >= 4 is 34.1 Å². The average Bonchev–Trinajstić information content (AvgIpc) is 3.94. The molecule has 1 unspecified atom stereocenters. The van der Waals surface area contributed by atoms with Gasteiger partial charge in [0.15, 0.2) is 0 Å². The predicted octanol–water partition coefficient (Wildman–Crippen LogP) is 16.9. The highest BCUT2D eigenvalue weighted by Crippen LogP contribution is 2.65. The van der Waals surface area contributed by atoms with E-state index in [2.05, 4.69) is 266 Å². The van der Waals surface area contributed by atoms with Crippen molar-refractivity contribution < 1.29 is 0 Å². The molecule has 3 aliphatic carbocycles. The minimum atomic E-state index is -0.562. The number of hydrogen-bond acceptors (Lipinski definition) is 2. The van der Waals surface area contributed by atoms with Crippen molar-refractivity contribution in [2.24, 2.45) is 0 Å². The molecule has 66 heavy (non-hydrogen) atoms. The maximum Gasteiger partial charge on any atom is 0.0727 e. The molecule has 10 aromatic rings. The molecule has 0 aliphatic heterocycles. The molecule has 2 heteroatoms. The predicted molar refractivity (Wildman–Crippen MR) is 275 cm³/mol. The van der Waals surface area contributed by atoms with Gasteiger partial charge in [0, 0.05) is 39.4 Å². The second kappa shape index (κ2) is 14.7. The van der Waals surface area contributed by atoms with E-state index in [0.29, 0.717) is 0 Å². The van der Waals surface area contributed by atoms with E-state index in [1.54, 1.807) is 0 Å². The lowest BCUT2D eigenvalue weighted by Gasteiger charge is -2.33. The molecule has 0 N–H and O–H groups in total. The molecule has 0 aromatic heterocycles. The van der Waals surface area contributed by atoms with Crippen LogP contribution in [0.15, 0.2) is 243 Å². The quantitative estimate of drug-likeness (QED) is 0.158. The first-order chi connectivity index (χ1) is 32.5. The Morgan fingerprint density at radius 1 is 0.273 bits per heavy atom. The van der Waals surface area contributed by atoms with Gasteiger partial charge in [-0.25, -0.2) is 0 Å². The second-order valence-corrected chi connectivity index (χ2v) is 18.4. The van der Waals surface area contributed by atoms with Gasteiger partial charge in [-0.15, -0.1) is 0 Å². The van der Waals surface area contributed by atoms with Crippen LogP contribution >= 0.6 is 0 Å². The maximum absolute atomic E-state index is 2.51. The molecule has 2 nitrogen and oxygen atoms in total. The van der Waals surface area contributed by atoms with Crippen LogP contribution in [0.5, 0.6) is 0 Å². The van der Waals surface area contributed by atoms with Crippen LogP contribution < -0.4 is 9.80 Å². The topological polar surface area (TPSA) is 6.48 Å². The Bertz CT molecular complexity index is 3500. The van der Waals surface area contributed by atoms with Crippen molar-refractivity contribution in [2.75, 3.05) is 9.80 Å². The minimum absolute atomic E-state index is 0.125. The molecule has 3 aliphatic rings. The number of benzene rings is 10. The average molecular weight is 843 g/mol. The van der Waals surface area contributed by atoms with Crippen LogP contribution in [0.4, 0.5) is 34.1 Å². The lowest BCUT2D eigenvalue weighted by Crippen LogP contribution is -2.26. The smallest absolute Gasteiger partial charge is 0.0727 e. The van der Waals surface area contributed by atoms with Gasteiger partial charge in [-0.2, -0.15) is 0 Å². The van der Waals surface area contributed by atoms with Crippen LogP contribution in [0.1, 0.15) is 47.2 Å². The molecule has 0 heterocycles. The molecule has 312 valence electrons. The third kappa shape index (κ3) is 5.48. The first-order valence-electron chi connectivity index (χ1n) is 23.1. The van der Waals surface area contributed by atoms with Crippen molar-refractivity contribution in [1.82, 2.24) is 0 Å². The van der Waals surface area contributed by atoms with Gasteiger partial charge in [-0.1, -0.05) is 190 Å². The van der Waals surface area contributed by atoms with E-state index < -0.39 is 5.41 Å². The summed E-state index contributed by atoms with van der Waals surface area (Å²) in [6.45, 7) is 4.74. The van der Waals surface area contributed by atoms with E-state index in [0.717, 1.165) is 34.1 Å². The van der Waals surface area contributed by atoms with Gasteiger partial charge in [-0.3, -0.25) is 0 Å². The summed E-state index contributed by atoms with van der Waals surface area (Å²) in [6, 6.07) is 90.0. The van der Waals surface area contributed by atoms with Gasteiger partial charge >= 0.3 is 0 Å². The van der Waals surface area contributed by atoms with Crippen LogP contribution in [0.3, 0.4) is 0 Å². The monoisotopic (exact) mass is 842 g/mol. The molecule has 1 spiro atoms. The van der Waals surface area contributed by atoms with E-state index in [4.69, 9.17) is 0 Å².